The van der Waals surface area contributed by atoms with Crippen LogP contribution in [0.15, 0.2) is 18.2 Å². The van der Waals surface area contributed by atoms with Crippen LogP contribution in [0.3, 0.4) is 0 Å². The van der Waals surface area contributed by atoms with Gasteiger partial charge in [0.05, 0.1) is 7.11 Å². The van der Waals surface area contributed by atoms with Gasteiger partial charge >= 0.3 is 5.97 Å². The standard InChI is InChI=1S/C13H15NO3/c1-17-13(16)11(14)7-8-3-2-4-10-9(8)5-6-12(10)15/h2-4,11H,5-7,14H2,1H3/t11-/m0/s1. The first-order valence-electron chi connectivity index (χ1n) is 5.61. The van der Waals surface area contributed by atoms with Crippen LogP contribution in [0, 0.1) is 0 Å². The van der Waals surface area contributed by atoms with Gasteiger partial charge in [-0.2, -0.15) is 0 Å². The Labute approximate surface area is 99.8 Å². The van der Waals surface area contributed by atoms with Crippen LogP contribution in [-0.4, -0.2) is 24.9 Å². The van der Waals surface area contributed by atoms with E-state index in [1.54, 1.807) is 0 Å². The highest BCUT2D eigenvalue weighted by molar-refractivity contribution is 6.00. The number of nitrogens with two attached hydrogens (primary N) is 1. The highest BCUT2D eigenvalue weighted by Crippen LogP contribution is 2.26. The lowest BCUT2D eigenvalue weighted by Gasteiger charge is -2.12. The normalized spacial score (nSPS) is 15.5. The molecule has 2 N–H and O–H groups in total. The van der Waals surface area contributed by atoms with E-state index in [1.807, 2.05) is 18.2 Å². The van der Waals surface area contributed by atoms with Crippen molar-refractivity contribution in [2.75, 3.05) is 7.11 Å². The third-order valence-electron chi connectivity index (χ3n) is 3.12. The van der Waals surface area contributed by atoms with Crippen molar-refractivity contribution in [3.8, 4) is 0 Å². The number of hydrogen-bond acceptors (Lipinski definition) is 4. The second-order valence-electron chi connectivity index (χ2n) is 4.20. The van der Waals surface area contributed by atoms with Gasteiger partial charge in [-0.25, -0.2) is 0 Å². The molecule has 1 aliphatic carbocycles. The molecule has 0 spiro atoms. The lowest BCUT2D eigenvalue weighted by Crippen LogP contribution is -2.33. The SMILES string of the molecule is COC(=O)[C@@H](N)Cc1cccc2c1CCC2=O. The average molecular weight is 233 g/mol. The Morgan fingerprint density at radius 2 is 2.24 bits per heavy atom. The third kappa shape index (κ3) is 2.22. The van der Waals surface area contributed by atoms with E-state index in [2.05, 4.69) is 4.74 Å². The molecule has 1 aliphatic rings. The van der Waals surface area contributed by atoms with E-state index < -0.39 is 12.0 Å². The van der Waals surface area contributed by atoms with Crippen LogP contribution in [0.25, 0.3) is 0 Å². The van der Waals surface area contributed by atoms with Crippen molar-refractivity contribution < 1.29 is 14.3 Å². The number of benzene rings is 1. The molecule has 2 rings (SSSR count). The van der Waals surface area contributed by atoms with E-state index in [-0.39, 0.29) is 5.78 Å². The van der Waals surface area contributed by atoms with Gasteiger partial charge in [0.1, 0.15) is 6.04 Å². The zero-order valence-electron chi connectivity index (χ0n) is 9.73. The number of Topliss-reactive ketones (excluding diaryl/α,β-unsaturated/α-hetero) is 1. The predicted molar refractivity (Wildman–Crippen MR) is 62.8 cm³/mol. The first kappa shape index (κ1) is 11.8. The Balaban J connectivity index is 2.23. The van der Waals surface area contributed by atoms with Crippen LogP contribution < -0.4 is 5.73 Å². The molecular weight excluding hydrogens is 218 g/mol. The molecule has 0 aliphatic heterocycles. The van der Waals surface area contributed by atoms with Crippen LogP contribution in [0.1, 0.15) is 27.9 Å². The molecule has 1 aromatic rings. The second kappa shape index (κ2) is 4.67. The Morgan fingerprint density at radius 3 is 2.94 bits per heavy atom. The largest absolute Gasteiger partial charge is 0.468 e. The molecule has 4 heteroatoms. The summed E-state index contributed by atoms with van der Waals surface area (Å²) in [5.41, 5.74) is 8.52. The molecule has 90 valence electrons. The smallest absolute Gasteiger partial charge is 0.322 e. The molecular formula is C13H15NO3. The fourth-order valence-corrected chi connectivity index (χ4v) is 2.23. The lowest BCUT2D eigenvalue weighted by atomic mass is 9.98. The third-order valence-corrected chi connectivity index (χ3v) is 3.12. The van der Waals surface area contributed by atoms with Crippen molar-refractivity contribution in [2.45, 2.75) is 25.3 Å². The number of carbonyl (C=O) groups excluding carboxylic acids is 2. The molecule has 0 unspecified atom stereocenters. The van der Waals surface area contributed by atoms with Gasteiger partial charge in [-0.3, -0.25) is 9.59 Å². The first-order chi connectivity index (χ1) is 8.13. The van der Waals surface area contributed by atoms with Crippen molar-refractivity contribution in [3.05, 3.63) is 34.9 Å². The fraction of sp³-hybridized carbons (Fsp3) is 0.385. The zero-order valence-corrected chi connectivity index (χ0v) is 9.73. The number of rotatable bonds is 3. The van der Waals surface area contributed by atoms with Gasteiger partial charge in [0.2, 0.25) is 0 Å². The number of ketones is 1. The van der Waals surface area contributed by atoms with Crippen LogP contribution in [0.4, 0.5) is 0 Å². The summed E-state index contributed by atoms with van der Waals surface area (Å²) in [6.45, 7) is 0. The van der Waals surface area contributed by atoms with Crippen LogP contribution in [0.5, 0.6) is 0 Å². The Morgan fingerprint density at radius 1 is 1.47 bits per heavy atom. The van der Waals surface area contributed by atoms with Crippen molar-refractivity contribution >= 4 is 11.8 Å². The van der Waals surface area contributed by atoms with Gasteiger partial charge in [-0.1, -0.05) is 18.2 Å². The fourth-order valence-electron chi connectivity index (χ4n) is 2.23. The van der Waals surface area contributed by atoms with E-state index in [1.165, 1.54) is 7.11 Å². The number of fused-ring (bicyclic) bond motifs is 1. The summed E-state index contributed by atoms with van der Waals surface area (Å²) >= 11 is 0. The summed E-state index contributed by atoms with van der Waals surface area (Å²) in [4.78, 5) is 22.8. The molecule has 0 bridgehead atoms. The summed E-state index contributed by atoms with van der Waals surface area (Å²) in [7, 11) is 1.32. The molecule has 0 saturated carbocycles. The molecule has 1 aromatic carbocycles. The number of carbonyl (C=O) groups is 2. The van der Waals surface area contributed by atoms with E-state index in [0.717, 1.165) is 23.1 Å². The van der Waals surface area contributed by atoms with E-state index in [4.69, 9.17) is 5.73 Å². The molecule has 0 amide bonds. The minimum absolute atomic E-state index is 0.175. The quantitative estimate of drug-likeness (QED) is 0.786. The summed E-state index contributed by atoms with van der Waals surface area (Å²) in [5, 5.41) is 0. The van der Waals surface area contributed by atoms with Gasteiger partial charge < -0.3 is 10.5 Å². The Kier molecular flexibility index (Phi) is 3.24. The molecule has 4 nitrogen and oxygen atoms in total. The van der Waals surface area contributed by atoms with E-state index in [0.29, 0.717) is 12.8 Å². The van der Waals surface area contributed by atoms with Crippen LogP contribution in [0.2, 0.25) is 0 Å². The minimum atomic E-state index is -0.665. The van der Waals surface area contributed by atoms with Gasteiger partial charge in [0.15, 0.2) is 5.78 Å². The molecule has 17 heavy (non-hydrogen) atoms. The Bertz CT molecular complexity index is 468. The topological polar surface area (TPSA) is 69.4 Å². The maximum absolute atomic E-state index is 11.6. The second-order valence-corrected chi connectivity index (χ2v) is 4.20. The number of methoxy groups -OCH3 is 1. The molecule has 0 radical (unpaired) electrons. The number of ether oxygens (including phenoxy) is 1. The minimum Gasteiger partial charge on any atom is -0.468 e. The van der Waals surface area contributed by atoms with E-state index in [9.17, 15) is 9.59 Å². The van der Waals surface area contributed by atoms with Gasteiger partial charge in [0.25, 0.3) is 0 Å². The summed E-state index contributed by atoms with van der Waals surface area (Å²) < 4.78 is 4.59. The van der Waals surface area contributed by atoms with Crippen molar-refractivity contribution in [3.63, 3.8) is 0 Å². The highest BCUT2D eigenvalue weighted by Gasteiger charge is 2.23. The van der Waals surface area contributed by atoms with Crippen LogP contribution >= 0.6 is 0 Å². The van der Waals surface area contributed by atoms with Gasteiger partial charge in [-0.05, 0) is 24.0 Å². The molecule has 0 fully saturated rings. The van der Waals surface area contributed by atoms with Crippen molar-refractivity contribution in [1.29, 1.82) is 0 Å². The molecule has 0 aromatic heterocycles. The van der Waals surface area contributed by atoms with Gasteiger partial charge in [-0.15, -0.1) is 0 Å². The van der Waals surface area contributed by atoms with Gasteiger partial charge in [0, 0.05) is 12.0 Å². The lowest BCUT2D eigenvalue weighted by molar-refractivity contribution is -0.142. The van der Waals surface area contributed by atoms with E-state index >= 15 is 0 Å². The summed E-state index contributed by atoms with van der Waals surface area (Å²) in [6, 6.07) is 4.92. The summed E-state index contributed by atoms with van der Waals surface area (Å²) in [5.74, 6) is -0.250. The highest BCUT2D eigenvalue weighted by atomic mass is 16.5. The summed E-state index contributed by atoms with van der Waals surface area (Å²) in [6.07, 6.45) is 1.72. The zero-order chi connectivity index (χ0) is 12.4. The first-order valence-corrected chi connectivity index (χ1v) is 5.61. The maximum Gasteiger partial charge on any atom is 0.322 e. The number of esters is 1. The van der Waals surface area contributed by atoms with Crippen molar-refractivity contribution in [2.24, 2.45) is 5.73 Å². The van der Waals surface area contributed by atoms with Crippen LogP contribution in [-0.2, 0) is 22.4 Å². The Hall–Kier alpha value is -1.68. The monoisotopic (exact) mass is 233 g/mol. The molecule has 1 atom stereocenters. The number of hydrogen-bond donors (Lipinski definition) is 1. The average Bonchev–Trinajstić information content (AvgIpc) is 2.71. The molecule has 0 heterocycles. The van der Waals surface area contributed by atoms with Crippen molar-refractivity contribution in [1.82, 2.24) is 0 Å². The molecule has 0 saturated heterocycles. The maximum atomic E-state index is 11.6. The predicted octanol–water partition coefficient (Wildman–Crippen LogP) is 0.858.